The van der Waals surface area contributed by atoms with Crippen LogP contribution < -0.4 is 0 Å². The Balaban J connectivity index is 5.55. The Morgan fingerprint density at radius 3 is 1.26 bits per heavy atom. The number of carbonyl (C=O) groups excluding carboxylic acids is 1. The molecule has 1 atom stereocenters. The molecule has 0 spiro atoms. The minimum absolute atomic E-state index is 0.847. The van der Waals surface area contributed by atoms with Gasteiger partial charge in [-0.25, -0.2) is 0 Å². The molecule has 0 saturated heterocycles. The highest BCUT2D eigenvalue weighted by molar-refractivity contribution is 5.62. The maximum atomic E-state index is 12.5. The van der Waals surface area contributed by atoms with E-state index in [0.717, 1.165) is 0 Å². The molecule has 0 aromatic heterocycles. The molecular weight excluding hydrogens is 313 g/mol. The molecule has 0 aromatic carbocycles. The van der Waals surface area contributed by atoms with E-state index in [2.05, 4.69) is 0 Å². The van der Waals surface area contributed by atoms with Gasteiger partial charge in [-0.15, -0.1) is 0 Å². The fourth-order valence-electron chi connectivity index (χ4n) is 0.542. The Morgan fingerprint density at radius 2 is 1.05 bits per heavy atom. The van der Waals surface area contributed by atoms with Gasteiger partial charge in [0, 0.05) is 0 Å². The molecular formula is C6F11O2. The Hall–Kier alpha value is -1.14. The van der Waals surface area contributed by atoms with Crippen LogP contribution >= 0.6 is 0 Å². The molecule has 0 bridgehead atoms. The van der Waals surface area contributed by atoms with Gasteiger partial charge in [0.05, 0.1) is 0 Å². The van der Waals surface area contributed by atoms with Crippen molar-refractivity contribution in [3.8, 4) is 0 Å². The van der Waals surface area contributed by atoms with E-state index in [9.17, 15) is 53.1 Å². The van der Waals surface area contributed by atoms with Crippen LogP contribution in [0.5, 0.6) is 0 Å². The molecule has 0 amide bonds. The summed E-state index contributed by atoms with van der Waals surface area (Å²) in [5.74, 6) is -13.3. The maximum absolute atomic E-state index is 12.5. The average molecular weight is 313 g/mol. The molecule has 0 heterocycles. The number of ether oxygens (including phenoxy) is 1. The van der Waals surface area contributed by atoms with Crippen molar-refractivity contribution in [2.75, 3.05) is 0 Å². The van der Waals surface area contributed by atoms with E-state index < -0.39 is 36.5 Å². The molecule has 2 nitrogen and oxygen atoms in total. The van der Waals surface area contributed by atoms with Crippen LogP contribution in [0, 0.1) is 0 Å². The van der Waals surface area contributed by atoms with Crippen LogP contribution in [0.2, 0.25) is 0 Å². The third-order valence-corrected chi connectivity index (χ3v) is 1.49. The van der Waals surface area contributed by atoms with Crippen LogP contribution in [-0.2, 0) is 9.53 Å². The monoisotopic (exact) mass is 313 g/mol. The highest BCUT2D eigenvalue weighted by atomic mass is 19.4. The van der Waals surface area contributed by atoms with E-state index in [1.54, 1.807) is 4.74 Å². The lowest BCUT2D eigenvalue weighted by molar-refractivity contribution is -0.469. The summed E-state index contributed by atoms with van der Waals surface area (Å²) in [6.45, 7) is 0. The number of hydrogen-bond acceptors (Lipinski definition) is 2. The molecule has 0 aliphatic heterocycles. The largest absolute Gasteiger partial charge is 0.462 e. The van der Waals surface area contributed by atoms with Crippen molar-refractivity contribution in [2.45, 2.75) is 30.2 Å². The standard InChI is InChI=1S/C6F11O2/c7-2(1-18,4(10,11)12)19-6(16,17)3(8,9)5(13,14)15. The smallest absolute Gasteiger partial charge is 0.284 e. The summed E-state index contributed by atoms with van der Waals surface area (Å²) in [6, 6.07) is 0. The van der Waals surface area contributed by atoms with Crippen molar-refractivity contribution in [1.29, 1.82) is 0 Å². The first-order chi connectivity index (χ1) is 8.02. The van der Waals surface area contributed by atoms with Crippen LogP contribution in [-0.4, -0.2) is 36.5 Å². The summed E-state index contributed by atoms with van der Waals surface area (Å²) < 4.78 is 133. The molecule has 0 aliphatic rings. The summed E-state index contributed by atoms with van der Waals surface area (Å²) in [5, 5.41) is 0. The molecule has 13 heteroatoms. The van der Waals surface area contributed by atoms with Gasteiger partial charge in [-0.2, -0.15) is 48.3 Å². The van der Waals surface area contributed by atoms with Gasteiger partial charge < -0.3 is 0 Å². The average Bonchev–Trinajstić information content (AvgIpc) is 2.12. The predicted octanol–water partition coefficient (Wildman–Crippen LogP) is 3.13. The van der Waals surface area contributed by atoms with E-state index in [4.69, 9.17) is 0 Å². The van der Waals surface area contributed by atoms with E-state index >= 15 is 0 Å². The topological polar surface area (TPSA) is 26.3 Å². The molecule has 1 radical (unpaired) electrons. The first kappa shape index (κ1) is 17.9. The summed E-state index contributed by atoms with van der Waals surface area (Å²) in [6.07, 6.45) is -21.5. The lowest BCUT2D eigenvalue weighted by Gasteiger charge is -2.31. The number of alkyl halides is 11. The van der Waals surface area contributed by atoms with E-state index in [1.807, 2.05) is 0 Å². The lowest BCUT2D eigenvalue weighted by Crippen LogP contribution is -2.59. The minimum atomic E-state index is -7.17. The quantitative estimate of drug-likeness (QED) is 0.746. The Bertz CT molecular complexity index is 342. The maximum Gasteiger partial charge on any atom is 0.462 e. The molecule has 0 aromatic rings. The molecule has 0 N–H and O–H groups in total. The van der Waals surface area contributed by atoms with Gasteiger partial charge >= 0.3 is 30.2 Å². The third kappa shape index (κ3) is 3.06. The van der Waals surface area contributed by atoms with Crippen LogP contribution in [0.1, 0.15) is 0 Å². The summed E-state index contributed by atoms with van der Waals surface area (Å²) >= 11 is 0. The highest BCUT2D eigenvalue weighted by Crippen LogP contribution is 2.50. The van der Waals surface area contributed by atoms with Crippen LogP contribution in [0.4, 0.5) is 48.3 Å². The number of halogens is 11. The van der Waals surface area contributed by atoms with Gasteiger partial charge in [0.1, 0.15) is 0 Å². The van der Waals surface area contributed by atoms with Crippen molar-refractivity contribution < 1.29 is 57.8 Å². The molecule has 0 fully saturated rings. The normalized spacial score (nSPS) is 18.1. The zero-order valence-electron chi connectivity index (χ0n) is 7.97. The van der Waals surface area contributed by atoms with Gasteiger partial charge in [0.25, 0.3) is 6.29 Å². The zero-order valence-corrected chi connectivity index (χ0v) is 7.97. The summed E-state index contributed by atoms with van der Waals surface area (Å²) in [7, 11) is 0. The Morgan fingerprint density at radius 1 is 0.684 bits per heavy atom. The van der Waals surface area contributed by atoms with Gasteiger partial charge in [-0.05, 0) is 0 Å². The van der Waals surface area contributed by atoms with Crippen molar-refractivity contribution in [3.05, 3.63) is 0 Å². The first-order valence-corrected chi connectivity index (χ1v) is 3.69. The van der Waals surface area contributed by atoms with Crippen LogP contribution in [0.15, 0.2) is 0 Å². The molecule has 1 unspecified atom stereocenters. The van der Waals surface area contributed by atoms with Crippen molar-refractivity contribution in [1.82, 2.24) is 0 Å². The SMILES string of the molecule is O=[C]C(F)(OC(F)(F)C(F)(F)C(F)(F)F)C(F)(F)F. The second kappa shape index (κ2) is 4.45. The number of rotatable bonds is 4. The predicted molar refractivity (Wildman–Crippen MR) is 32.6 cm³/mol. The second-order valence-electron chi connectivity index (χ2n) is 2.89. The molecule has 0 rings (SSSR count). The summed E-state index contributed by atoms with van der Waals surface area (Å²) in [4.78, 5) is 9.52. The highest BCUT2D eigenvalue weighted by Gasteiger charge is 2.78. The fourth-order valence-corrected chi connectivity index (χ4v) is 0.542. The van der Waals surface area contributed by atoms with Crippen LogP contribution in [0.25, 0.3) is 0 Å². The fraction of sp³-hybridized carbons (Fsp3) is 0.833. The summed E-state index contributed by atoms with van der Waals surface area (Å²) in [5.41, 5.74) is 0. The zero-order chi connectivity index (χ0) is 15.9. The van der Waals surface area contributed by atoms with Gasteiger partial charge in [-0.1, -0.05) is 0 Å². The van der Waals surface area contributed by atoms with Crippen molar-refractivity contribution in [3.63, 3.8) is 0 Å². The minimum Gasteiger partial charge on any atom is -0.284 e. The molecule has 19 heavy (non-hydrogen) atoms. The Labute approximate surface area is 95.7 Å². The lowest BCUT2D eigenvalue weighted by atomic mass is 10.2. The van der Waals surface area contributed by atoms with Crippen LogP contribution in [0.3, 0.4) is 0 Å². The van der Waals surface area contributed by atoms with E-state index in [0.29, 0.717) is 0 Å². The molecule has 0 saturated carbocycles. The second-order valence-corrected chi connectivity index (χ2v) is 2.89. The van der Waals surface area contributed by atoms with E-state index in [-0.39, 0.29) is 0 Å². The first-order valence-electron chi connectivity index (χ1n) is 3.69. The van der Waals surface area contributed by atoms with Gasteiger partial charge in [-0.3, -0.25) is 9.53 Å². The molecule has 113 valence electrons. The number of hydrogen-bond donors (Lipinski definition) is 0. The molecule has 0 aliphatic carbocycles. The van der Waals surface area contributed by atoms with Gasteiger partial charge in [0.2, 0.25) is 0 Å². The van der Waals surface area contributed by atoms with E-state index in [1.165, 1.54) is 0 Å². The van der Waals surface area contributed by atoms with Crippen molar-refractivity contribution in [2.24, 2.45) is 0 Å². The third-order valence-electron chi connectivity index (χ3n) is 1.49. The Kier molecular flexibility index (Phi) is 4.19. The van der Waals surface area contributed by atoms with Crippen molar-refractivity contribution >= 4 is 6.29 Å². The van der Waals surface area contributed by atoms with Gasteiger partial charge in [0.15, 0.2) is 0 Å².